The molecule has 0 bridgehead atoms. The van der Waals surface area contributed by atoms with E-state index in [0.29, 0.717) is 18.7 Å². The maximum absolute atomic E-state index is 11.8. The van der Waals surface area contributed by atoms with Crippen LogP contribution in [0.15, 0.2) is 11.1 Å². The molecule has 0 radical (unpaired) electrons. The molecule has 1 unspecified atom stereocenters. The van der Waals surface area contributed by atoms with E-state index in [1.807, 2.05) is 0 Å². The van der Waals surface area contributed by atoms with Gasteiger partial charge in [-0.2, -0.15) is 0 Å². The van der Waals surface area contributed by atoms with Crippen LogP contribution in [0.25, 0.3) is 0 Å². The van der Waals surface area contributed by atoms with Crippen LogP contribution in [0, 0.1) is 0 Å². The van der Waals surface area contributed by atoms with Gasteiger partial charge in [0.25, 0.3) is 0 Å². The van der Waals surface area contributed by atoms with Crippen LogP contribution in [0.4, 0.5) is 0 Å². The fourth-order valence-electron chi connectivity index (χ4n) is 1.56. The predicted octanol–water partition coefficient (Wildman–Crippen LogP) is -0.571. The first kappa shape index (κ1) is 15.2. The quantitative estimate of drug-likeness (QED) is 0.441. The van der Waals surface area contributed by atoms with E-state index in [1.54, 1.807) is 6.92 Å². The molecule has 1 rings (SSSR count). The topological polar surface area (TPSA) is 105 Å². The Morgan fingerprint density at radius 2 is 2.05 bits per heavy atom. The Labute approximate surface area is 111 Å². The number of amides is 1. The lowest BCUT2D eigenvalue weighted by Gasteiger charge is -2.22. The van der Waals surface area contributed by atoms with Crippen molar-refractivity contribution in [1.82, 2.24) is 10.6 Å². The molecular formula is C12H18N2O5. The van der Waals surface area contributed by atoms with Gasteiger partial charge in [-0.3, -0.25) is 9.59 Å². The number of rotatable bonds is 6. The van der Waals surface area contributed by atoms with Crippen LogP contribution in [0.5, 0.6) is 0 Å². The number of carboxylic acids is 1. The van der Waals surface area contributed by atoms with E-state index in [-0.39, 0.29) is 12.8 Å². The number of carbonyl (C=O) groups excluding carboxylic acids is 2. The van der Waals surface area contributed by atoms with Crippen LogP contribution in [0.2, 0.25) is 0 Å². The Bertz CT molecular complexity index is 410. The van der Waals surface area contributed by atoms with Crippen molar-refractivity contribution >= 4 is 17.8 Å². The summed E-state index contributed by atoms with van der Waals surface area (Å²) in [7, 11) is 1.23. The lowest BCUT2D eigenvalue weighted by Crippen LogP contribution is -2.43. The van der Waals surface area contributed by atoms with Gasteiger partial charge in [0.1, 0.15) is 6.04 Å². The van der Waals surface area contributed by atoms with Crippen LogP contribution < -0.4 is 10.6 Å². The molecule has 0 saturated carbocycles. The van der Waals surface area contributed by atoms with Gasteiger partial charge in [-0.1, -0.05) is 0 Å². The van der Waals surface area contributed by atoms with E-state index >= 15 is 0 Å². The highest BCUT2D eigenvalue weighted by atomic mass is 16.5. The van der Waals surface area contributed by atoms with E-state index < -0.39 is 23.9 Å². The second-order valence-electron chi connectivity index (χ2n) is 4.31. The summed E-state index contributed by atoms with van der Waals surface area (Å²) in [5.41, 5.74) is 1.50. The van der Waals surface area contributed by atoms with Gasteiger partial charge in [0.15, 0.2) is 0 Å². The first-order valence-electron chi connectivity index (χ1n) is 5.95. The van der Waals surface area contributed by atoms with Crippen LogP contribution in [0.3, 0.4) is 0 Å². The number of esters is 1. The fourth-order valence-corrected chi connectivity index (χ4v) is 1.56. The van der Waals surface area contributed by atoms with Gasteiger partial charge in [0.2, 0.25) is 5.91 Å². The van der Waals surface area contributed by atoms with E-state index in [0.717, 1.165) is 5.57 Å². The van der Waals surface area contributed by atoms with Gasteiger partial charge in [0, 0.05) is 25.1 Å². The third-order valence-corrected chi connectivity index (χ3v) is 3.02. The molecule has 19 heavy (non-hydrogen) atoms. The van der Waals surface area contributed by atoms with Crippen molar-refractivity contribution in [3.63, 3.8) is 0 Å². The number of aliphatic carboxylic acids is 1. The molecule has 0 aliphatic carbocycles. The summed E-state index contributed by atoms with van der Waals surface area (Å²) in [5.74, 6) is -2.07. The predicted molar refractivity (Wildman–Crippen MR) is 66.4 cm³/mol. The molecule has 0 aromatic carbocycles. The lowest BCUT2D eigenvalue weighted by atomic mass is 10.0. The number of methoxy groups -OCH3 is 1. The minimum atomic E-state index is -1.17. The molecule has 1 heterocycles. The van der Waals surface area contributed by atoms with Crippen molar-refractivity contribution in [2.24, 2.45) is 0 Å². The van der Waals surface area contributed by atoms with Crippen LogP contribution >= 0.6 is 0 Å². The fraction of sp³-hybridized carbons (Fsp3) is 0.583. The van der Waals surface area contributed by atoms with Crippen LogP contribution in [0.1, 0.15) is 19.8 Å². The second kappa shape index (κ2) is 6.89. The Morgan fingerprint density at radius 1 is 1.42 bits per heavy atom. The summed E-state index contributed by atoms with van der Waals surface area (Å²) in [5, 5.41) is 14.4. The zero-order valence-electron chi connectivity index (χ0n) is 11.0. The summed E-state index contributed by atoms with van der Waals surface area (Å²) in [6.07, 6.45) is -0.0421. The molecule has 0 aromatic heterocycles. The third-order valence-electron chi connectivity index (χ3n) is 3.02. The van der Waals surface area contributed by atoms with Crippen molar-refractivity contribution in [1.29, 1.82) is 0 Å². The van der Waals surface area contributed by atoms with Gasteiger partial charge < -0.3 is 20.5 Å². The second-order valence-corrected chi connectivity index (χ2v) is 4.31. The normalized spacial score (nSPS) is 15.2. The highest BCUT2D eigenvalue weighted by molar-refractivity contribution is 5.96. The molecular weight excluding hydrogens is 252 g/mol. The molecule has 1 aliphatic rings. The first-order valence-corrected chi connectivity index (χ1v) is 5.95. The maximum Gasteiger partial charge on any atom is 0.326 e. The molecule has 1 atom stereocenters. The standard InChI is InChI=1S/C12H18N2O5/c1-7(8-5-13-6-8)11(16)14-9(12(17)18)3-4-10(15)19-2/h9,13H,3-6H2,1-2H3,(H,14,16)(H,17,18). The molecule has 106 valence electrons. The summed E-state index contributed by atoms with van der Waals surface area (Å²) in [4.78, 5) is 33.8. The van der Waals surface area contributed by atoms with Crippen LogP contribution in [-0.2, 0) is 19.1 Å². The molecule has 1 aliphatic heterocycles. The minimum absolute atomic E-state index is 0.00854. The molecule has 1 amide bonds. The highest BCUT2D eigenvalue weighted by Crippen LogP contribution is 2.09. The summed E-state index contributed by atoms with van der Waals surface area (Å²) >= 11 is 0. The molecule has 7 heteroatoms. The Kier molecular flexibility index (Phi) is 5.50. The third kappa shape index (κ3) is 4.36. The van der Waals surface area contributed by atoms with Crippen molar-refractivity contribution in [2.45, 2.75) is 25.8 Å². The lowest BCUT2D eigenvalue weighted by molar-refractivity contribution is -0.143. The number of hydrogen-bond acceptors (Lipinski definition) is 5. The number of nitrogens with one attached hydrogen (secondary N) is 2. The minimum Gasteiger partial charge on any atom is -0.480 e. The number of carboxylic acid groups (broad SMARTS) is 1. The van der Waals surface area contributed by atoms with E-state index in [9.17, 15) is 14.4 Å². The van der Waals surface area contributed by atoms with E-state index in [2.05, 4.69) is 15.4 Å². The Hall–Kier alpha value is -1.89. The maximum atomic E-state index is 11.8. The summed E-state index contributed by atoms with van der Waals surface area (Å²) in [6, 6.07) is -1.09. The highest BCUT2D eigenvalue weighted by Gasteiger charge is 2.23. The molecule has 3 N–H and O–H groups in total. The first-order chi connectivity index (χ1) is 8.95. The summed E-state index contributed by atoms with van der Waals surface area (Å²) in [6.45, 7) is 2.96. The molecule has 0 spiro atoms. The smallest absolute Gasteiger partial charge is 0.326 e. The van der Waals surface area contributed by atoms with E-state index in [1.165, 1.54) is 7.11 Å². The zero-order valence-corrected chi connectivity index (χ0v) is 11.0. The van der Waals surface area contributed by atoms with Gasteiger partial charge in [-0.15, -0.1) is 0 Å². The molecule has 1 saturated heterocycles. The van der Waals surface area contributed by atoms with Crippen molar-refractivity contribution < 1.29 is 24.2 Å². The number of ether oxygens (including phenoxy) is 1. The number of carbonyl (C=O) groups is 3. The average molecular weight is 270 g/mol. The molecule has 0 aromatic rings. The summed E-state index contributed by atoms with van der Waals surface area (Å²) < 4.78 is 4.44. The largest absolute Gasteiger partial charge is 0.480 e. The van der Waals surface area contributed by atoms with Gasteiger partial charge >= 0.3 is 11.9 Å². The number of hydrogen-bond donors (Lipinski definition) is 3. The molecule has 1 fully saturated rings. The average Bonchev–Trinajstić information content (AvgIpc) is 2.30. The van der Waals surface area contributed by atoms with Crippen molar-refractivity contribution in [3.8, 4) is 0 Å². The van der Waals surface area contributed by atoms with Gasteiger partial charge in [0.05, 0.1) is 7.11 Å². The van der Waals surface area contributed by atoms with Crippen molar-refractivity contribution in [3.05, 3.63) is 11.1 Å². The van der Waals surface area contributed by atoms with Gasteiger partial charge in [-0.05, 0) is 18.9 Å². The molecule has 7 nitrogen and oxygen atoms in total. The van der Waals surface area contributed by atoms with Gasteiger partial charge in [-0.25, -0.2) is 4.79 Å². The SMILES string of the molecule is COC(=O)CCC(NC(=O)C(C)=C1CNC1)C(=O)O. The van der Waals surface area contributed by atoms with E-state index in [4.69, 9.17) is 5.11 Å². The Balaban J connectivity index is 2.55. The zero-order chi connectivity index (χ0) is 14.4. The van der Waals surface area contributed by atoms with Crippen LogP contribution in [-0.4, -0.2) is 49.2 Å². The van der Waals surface area contributed by atoms with Crippen molar-refractivity contribution in [2.75, 3.05) is 20.2 Å². The monoisotopic (exact) mass is 270 g/mol. The Morgan fingerprint density at radius 3 is 2.47 bits per heavy atom.